The topological polar surface area (TPSA) is 87.4 Å². The number of hydrogen-bond acceptors (Lipinski definition) is 4. The molecule has 2 heterocycles. The van der Waals surface area contributed by atoms with Gasteiger partial charge in [0.1, 0.15) is 5.69 Å². The second kappa shape index (κ2) is 6.67. The van der Waals surface area contributed by atoms with Gasteiger partial charge in [-0.25, -0.2) is 4.57 Å². The molecule has 1 aromatic carbocycles. The summed E-state index contributed by atoms with van der Waals surface area (Å²) in [5.41, 5.74) is 2.80. The van der Waals surface area contributed by atoms with Crippen molar-refractivity contribution in [1.82, 2.24) is 9.55 Å². The summed E-state index contributed by atoms with van der Waals surface area (Å²) >= 11 is 6.46. The highest BCUT2D eigenvalue weighted by Crippen LogP contribution is 2.54. The predicted octanol–water partition coefficient (Wildman–Crippen LogP) is 4.72. The van der Waals surface area contributed by atoms with Gasteiger partial charge in [0.2, 0.25) is 11.8 Å². The van der Waals surface area contributed by atoms with Crippen LogP contribution in [0.3, 0.4) is 0 Å². The lowest BCUT2D eigenvalue weighted by molar-refractivity contribution is 0.102. The number of anilines is 1. The summed E-state index contributed by atoms with van der Waals surface area (Å²) in [4.78, 5) is 16.3. The van der Waals surface area contributed by atoms with E-state index < -0.39 is 0 Å². The van der Waals surface area contributed by atoms with Gasteiger partial charge in [-0.05, 0) is 43.2 Å². The Labute approximate surface area is 172 Å². The molecule has 6 nitrogen and oxygen atoms in total. The summed E-state index contributed by atoms with van der Waals surface area (Å²) in [6.07, 6.45) is 7.65. The Bertz CT molecular complexity index is 1120. The molecule has 3 aliphatic carbocycles. The number of carbonyl (C=O) groups excluding carboxylic acids is 1. The highest BCUT2D eigenvalue weighted by molar-refractivity contribution is 6.32. The Kier molecular flexibility index (Phi) is 4.10. The highest BCUT2D eigenvalue weighted by atomic mass is 35.5. The lowest BCUT2D eigenvalue weighted by Gasteiger charge is -2.30. The van der Waals surface area contributed by atoms with Crippen molar-refractivity contribution in [3.05, 3.63) is 76.6 Å². The van der Waals surface area contributed by atoms with Crippen molar-refractivity contribution in [2.45, 2.75) is 24.7 Å². The second-order valence-electron chi connectivity index (χ2n) is 7.32. The Morgan fingerprint density at radius 1 is 1.07 bits per heavy atom. The predicted molar refractivity (Wildman–Crippen MR) is 110 cm³/mol. The maximum absolute atomic E-state index is 12.3. The Morgan fingerprint density at radius 3 is 2.31 bits per heavy atom. The number of fused-ring (bicyclic) bond motifs is 1. The number of nitrogens with one attached hydrogen (secondary N) is 1. The van der Waals surface area contributed by atoms with Crippen LogP contribution in [0.1, 0.15) is 46.3 Å². The maximum atomic E-state index is 12.3. The van der Waals surface area contributed by atoms with Crippen molar-refractivity contribution < 1.29 is 15.0 Å². The molecule has 0 radical (unpaired) electrons. The average molecular weight is 408 g/mol. The monoisotopic (exact) mass is 407 g/mol. The molecule has 0 fully saturated rings. The standard InChI is InChI=1S/C22H18ClN3O3/c23-15-11-14(25-20(27)16-3-1-2-10-24-16)8-9-17(15)26-21(28)18-12-4-5-13(7-6-12)19(18)22(26)29/h1-5,8-13,28-29H,6-7H2,(H,25,27)/t12-,13+. The van der Waals surface area contributed by atoms with E-state index in [4.69, 9.17) is 11.6 Å². The first-order valence-electron chi connectivity index (χ1n) is 9.41. The van der Waals surface area contributed by atoms with Crippen molar-refractivity contribution in [3.8, 4) is 17.4 Å². The van der Waals surface area contributed by atoms with Crippen LogP contribution in [0.15, 0.2) is 54.7 Å². The van der Waals surface area contributed by atoms with Gasteiger partial charge in [-0.15, -0.1) is 0 Å². The normalized spacial score (nSPS) is 19.2. The number of amides is 1. The lowest BCUT2D eigenvalue weighted by atomic mass is 9.73. The molecular formula is C22H18ClN3O3. The van der Waals surface area contributed by atoms with Gasteiger partial charge in [-0.1, -0.05) is 29.8 Å². The molecule has 2 atom stereocenters. The summed E-state index contributed by atoms with van der Waals surface area (Å²) in [5.74, 6) is -0.0950. The molecule has 29 heavy (non-hydrogen) atoms. The van der Waals surface area contributed by atoms with E-state index in [2.05, 4.69) is 22.5 Å². The van der Waals surface area contributed by atoms with Crippen LogP contribution in [-0.4, -0.2) is 25.7 Å². The molecule has 2 bridgehead atoms. The molecule has 3 N–H and O–H groups in total. The highest BCUT2D eigenvalue weighted by Gasteiger charge is 2.38. The van der Waals surface area contributed by atoms with Gasteiger partial charge in [0.15, 0.2) is 0 Å². The number of nitrogens with zero attached hydrogens (tertiary/aromatic N) is 2. The Morgan fingerprint density at radius 2 is 1.76 bits per heavy atom. The molecule has 3 aromatic rings. The molecule has 0 spiro atoms. The van der Waals surface area contributed by atoms with E-state index in [0.717, 1.165) is 24.0 Å². The molecular weight excluding hydrogens is 390 g/mol. The van der Waals surface area contributed by atoms with Crippen molar-refractivity contribution in [2.24, 2.45) is 0 Å². The molecule has 146 valence electrons. The van der Waals surface area contributed by atoms with Crippen LogP contribution in [0.5, 0.6) is 11.8 Å². The number of hydrogen-bond donors (Lipinski definition) is 3. The van der Waals surface area contributed by atoms with E-state index in [1.54, 1.807) is 42.6 Å². The third-order valence-corrected chi connectivity index (χ3v) is 5.95. The van der Waals surface area contributed by atoms with Gasteiger partial charge in [-0.3, -0.25) is 9.78 Å². The molecule has 0 unspecified atom stereocenters. The van der Waals surface area contributed by atoms with Crippen LogP contribution in [0.4, 0.5) is 5.69 Å². The van der Waals surface area contributed by atoms with Crippen LogP contribution in [-0.2, 0) is 0 Å². The molecule has 7 heteroatoms. The minimum atomic E-state index is -0.348. The number of carbonyl (C=O) groups is 1. The van der Waals surface area contributed by atoms with Gasteiger partial charge in [0.05, 0.1) is 10.7 Å². The van der Waals surface area contributed by atoms with Crippen molar-refractivity contribution in [3.63, 3.8) is 0 Å². The number of rotatable bonds is 3. The number of aromatic nitrogens is 2. The van der Waals surface area contributed by atoms with E-state index in [1.165, 1.54) is 4.57 Å². The number of pyridine rings is 1. The van der Waals surface area contributed by atoms with Gasteiger partial charge in [0, 0.05) is 34.8 Å². The Balaban J connectivity index is 1.50. The second-order valence-corrected chi connectivity index (χ2v) is 7.73. The fourth-order valence-electron chi connectivity index (χ4n) is 4.30. The Hall–Kier alpha value is -3.25. The number of benzene rings is 1. The third-order valence-electron chi connectivity index (χ3n) is 5.65. The fraction of sp³-hybridized carbons (Fsp3) is 0.182. The van der Waals surface area contributed by atoms with Gasteiger partial charge in [0.25, 0.3) is 5.91 Å². The average Bonchev–Trinajstić information content (AvgIpc) is 3.02. The van der Waals surface area contributed by atoms with E-state index >= 15 is 0 Å². The molecule has 6 rings (SSSR count). The van der Waals surface area contributed by atoms with E-state index in [0.29, 0.717) is 22.1 Å². The van der Waals surface area contributed by atoms with Gasteiger partial charge < -0.3 is 15.5 Å². The molecule has 0 aliphatic heterocycles. The number of aromatic hydroxyl groups is 2. The fourth-order valence-corrected chi connectivity index (χ4v) is 4.57. The summed E-state index contributed by atoms with van der Waals surface area (Å²) in [5, 5.41) is 24.7. The van der Waals surface area contributed by atoms with Crippen molar-refractivity contribution in [2.75, 3.05) is 5.32 Å². The van der Waals surface area contributed by atoms with Gasteiger partial charge in [-0.2, -0.15) is 0 Å². The van der Waals surface area contributed by atoms with Crippen LogP contribution in [0, 0.1) is 0 Å². The third kappa shape index (κ3) is 2.79. The summed E-state index contributed by atoms with van der Waals surface area (Å²) < 4.78 is 1.38. The SMILES string of the molecule is O=C(Nc1ccc(-n2c(O)c3c(c2O)[C@H]2C=C[C@@H]3CC2)c(Cl)c1)c1ccccn1. The molecule has 1 amide bonds. The molecule has 0 saturated carbocycles. The van der Waals surface area contributed by atoms with Crippen LogP contribution in [0.2, 0.25) is 5.02 Å². The minimum Gasteiger partial charge on any atom is -0.494 e. The van der Waals surface area contributed by atoms with E-state index in [-0.39, 0.29) is 29.5 Å². The minimum absolute atomic E-state index is 0.0173. The smallest absolute Gasteiger partial charge is 0.274 e. The van der Waals surface area contributed by atoms with E-state index in [1.807, 2.05) is 0 Å². The van der Waals surface area contributed by atoms with E-state index in [9.17, 15) is 15.0 Å². The first kappa shape index (κ1) is 17.8. The largest absolute Gasteiger partial charge is 0.494 e. The van der Waals surface area contributed by atoms with Crippen LogP contribution < -0.4 is 5.32 Å². The maximum Gasteiger partial charge on any atom is 0.274 e. The van der Waals surface area contributed by atoms with Crippen LogP contribution >= 0.6 is 11.6 Å². The number of allylic oxidation sites excluding steroid dienone is 2. The molecule has 0 saturated heterocycles. The van der Waals surface area contributed by atoms with Crippen molar-refractivity contribution in [1.29, 1.82) is 0 Å². The first-order valence-corrected chi connectivity index (χ1v) is 9.79. The quantitative estimate of drug-likeness (QED) is 0.548. The van der Waals surface area contributed by atoms with Crippen LogP contribution in [0.25, 0.3) is 5.69 Å². The van der Waals surface area contributed by atoms with Crippen molar-refractivity contribution >= 4 is 23.2 Å². The lowest BCUT2D eigenvalue weighted by Crippen LogP contribution is -2.15. The summed E-state index contributed by atoms with van der Waals surface area (Å²) in [6.45, 7) is 0. The molecule has 3 aliphatic rings. The number of halogens is 1. The zero-order chi connectivity index (χ0) is 20.1. The van der Waals surface area contributed by atoms with Gasteiger partial charge >= 0.3 is 0 Å². The summed E-state index contributed by atoms with van der Waals surface area (Å²) in [7, 11) is 0. The summed E-state index contributed by atoms with van der Waals surface area (Å²) in [6, 6.07) is 10.0. The first-order chi connectivity index (χ1) is 14.0. The molecule has 2 aromatic heterocycles. The zero-order valence-electron chi connectivity index (χ0n) is 15.3. The zero-order valence-corrected chi connectivity index (χ0v) is 16.1.